The minimum atomic E-state index is 0.663. The quantitative estimate of drug-likeness (QED) is 0.415. The summed E-state index contributed by atoms with van der Waals surface area (Å²) in [6.45, 7) is 6.63. The standard InChI is InChI=1S/C26H31NO2/c1-21(2)15-17-28-25-13-11-23(12-14-25)20-27-24-9-6-10-26(19-24)29-18-16-22-7-4-3-5-8-22/h3-14,19,21,27H,15-18,20H2,1-2H3. The van der Waals surface area contributed by atoms with E-state index in [1.54, 1.807) is 0 Å². The topological polar surface area (TPSA) is 30.5 Å². The lowest BCUT2D eigenvalue weighted by atomic mass is 10.1. The monoisotopic (exact) mass is 389 g/mol. The number of nitrogens with one attached hydrogen (secondary N) is 1. The molecule has 0 aromatic heterocycles. The molecule has 3 nitrogen and oxygen atoms in total. The molecule has 0 fully saturated rings. The average Bonchev–Trinajstić information content (AvgIpc) is 2.74. The van der Waals surface area contributed by atoms with Gasteiger partial charge in [-0.3, -0.25) is 0 Å². The molecule has 152 valence electrons. The summed E-state index contributed by atoms with van der Waals surface area (Å²) < 4.78 is 11.7. The van der Waals surface area contributed by atoms with E-state index in [1.165, 1.54) is 11.1 Å². The summed E-state index contributed by atoms with van der Waals surface area (Å²) >= 11 is 0. The van der Waals surface area contributed by atoms with Crippen molar-refractivity contribution in [2.75, 3.05) is 18.5 Å². The van der Waals surface area contributed by atoms with Crippen LogP contribution in [-0.4, -0.2) is 13.2 Å². The molecular formula is C26H31NO2. The van der Waals surface area contributed by atoms with E-state index in [4.69, 9.17) is 9.47 Å². The molecule has 0 saturated carbocycles. The SMILES string of the molecule is CC(C)CCOc1ccc(CNc2cccc(OCCc3ccccc3)c2)cc1. The van der Waals surface area contributed by atoms with E-state index in [9.17, 15) is 0 Å². The van der Waals surface area contributed by atoms with Crippen LogP contribution < -0.4 is 14.8 Å². The Hall–Kier alpha value is -2.94. The molecule has 0 aliphatic rings. The van der Waals surface area contributed by atoms with Gasteiger partial charge in [-0.15, -0.1) is 0 Å². The van der Waals surface area contributed by atoms with Gasteiger partial charge in [0.15, 0.2) is 0 Å². The Labute approximate surface area is 174 Å². The van der Waals surface area contributed by atoms with Gasteiger partial charge in [-0.1, -0.05) is 62.4 Å². The van der Waals surface area contributed by atoms with Gasteiger partial charge in [0.05, 0.1) is 13.2 Å². The predicted molar refractivity (Wildman–Crippen MR) is 121 cm³/mol. The molecule has 0 atom stereocenters. The van der Waals surface area contributed by atoms with Crippen LogP contribution in [0.4, 0.5) is 5.69 Å². The number of rotatable bonds is 11. The molecule has 0 aliphatic carbocycles. The molecule has 3 rings (SSSR count). The fourth-order valence-corrected chi connectivity index (χ4v) is 2.95. The van der Waals surface area contributed by atoms with Crippen molar-refractivity contribution < 1.29 is 9.47 Å². The minimum absolute atomic E-state index is 0.663. The zero-order valence-electron chi connectivity index (χ0n) is 17.4. The first-order chi connectivity index (χ1) is 14.2. The van der Waals surface area contributed by atoms with Crippen molar-refractivity contribution in [2.45, 2.75) is 33.2 Å². The van der Waals surface area contributed by atoms with Crippen molar-refractivity contribution in [1.82, 2.24) is 0 Å². The lowest BCUT2D eigenvalue weighted by Crippen LogP contribution is -2.03. The summed E-state index contributed by atoms with van der Waals surface area (Å²) in [6, 6.07) is 26.8. The van der Waals surface area contributed by atoms with Crippen LogP contribution in [0.2, 0.25) is 0 Å². The molecule has 3 aromatic carbocycles. The first-order valence-corrected chi connectivity index (χ1v) is 10.4. The van der Waals surface area contributed by atoms with Crippen molar-refractivity contribution in [3.05, 3.63) is 90.0 Å². The molecule has 0 spiro atoms. The Bertz CT molecular complexity index is 844. The van der Waals surface area contributed by atoms with Crippen molar-refractivity contribution in [3.8, 4) is 11.5 Å². The van der Waals surface area contributed by atoms with Crippen molar-refractivity contribution >= 4 is 5.69 Å². The van der Waals surface area contributed by atoms with Crippen molar-refractivity contribution in [1.29, 1.82) is 0 Å². The fraction of sp³-hybridized carbons (Fsp3) is 0.308. The van der Waals surface area contributed by atoms with Gasteiger partial charge < -0.3 is 14.8 Å². The van der Waals surface area contributed by atoms with E-state index >= 15 is 0 Å². The van der Waals surface area contributed by atoms with E-state index in [1.807, 2.05) is 36.4 Å². The fourth-order valence-electron chi connectivity index (χ4n) is 2.95. The van der Waals surface area contributed by atoms with Crippen molar-refractivity contribution in [3.63, 3.8) is 0 Å². The van der Waals surface area contributed by atoms with Gasteiger partial charge in [0.25, 0.3) is 0 Å². The van der Waals surface area contributed by atoms with Crippen LogP contribution in [0.5, 0.6) is 11.5 Å². The summed E-state index contributed by atoms with van der Waals surface area (Å²) in [4.78, 5) is 0. The Morgan fingerprint density at radius 3 is 2.24 bits per heavy atom. The van der Waals surface area contributed by atoms with Crippen LogP contribution in [0, 0.1) is 5.92 Å². The normalized spacial score (nSPS) is 10.7. The smallest absolute Gasteiger partial charge is 0.121 e. The first-order valence-electron chi connectivity index (χ1n) is 10.4. The lowest BCUT2D eigenvalue weighted by Gasteiger charge is -2.11. The van der Waals surface area contributed by atoms with Gasteiger partial charge in [0, 0.05) is 24.7 Å². The van der Waals surface area contributed by atoms with E-state index < -0.39 is 0 Å². The van der Waals surface area contributed by atoms with Crippen molar-refractivity contribution in [2.24, 2.45) is 5.92 Å². The second-order valence-corrected chi connectivity index (χ2v) is 7.64. The van der Waals surface area contributed by atoms with Gasteiger partial charge in [-0.25, -0.2) is 0 Å². The second-order valence-electron chi connectivity index (χ2n) is 7.64. The Kier molecular flexibility index (Phi) is 8.00. The van der Waals surface area contributed by atoms with E-state index in [2.05, 4.69) is 61.6 Å². The van der Waals surface area contributed by atoms with Gasteiger partial charge in [-0.2, -0.15) is 0 Å². The number of ether oxygens (including phenoxy) is 2. The van der Waals surface area contributed by atoms with Crippen LogP contribution in [-0.2, 0) is 13.0 Å². The maximum atomic E-state index is 5.92. The maximum Gasteiger partial charge on any atom is 0.121 e. The zero-order valence-corrected chi connectivity index (χ0v) is 17.4. The summed E-state index contributed by atoms with van der Waals surface area (Å²) in [7, 11) is 0. The molecule has 1 N–H and O–H groups in total. The van der Waals surface area contributed by atoms with Gasteiger partial charge >= 0.3 is 0 Å². The average molecular weight is 390 g/mol. The highest BCUT2D eigenvalue weighted by atomic mass is 16.5. The maximum absolute atomic E-state index is 5.92. The number of hydrogen-bond donors (Lipinski definition) is 1. The van der Waals surface area contributed by atoms with Crippen LogP contribution in [0.15, 0.2) is 78.9 Å². The van der Waals surface area contributed by atoms with Crippen LogP contribution >= 0.6 is 0 Å². The Morgan fingerprint density at radius 1 is 0.724 bits per heavy atom. The molecule has 0 unspecified atom stereocenters. The lowest BCUT2D eigenvalue weighted by molar-refractivity contribution is 0.289. The number of hydrogen-bond acceptors (Lipinski definition) is 3. The van der Waals surface area contributed by atoms with Crippen LogP contribution in [0.1, 0.15) is 31.4 Å². The summed E-state index contributed by atoms with van der Waals surface area (Å²) in [5.74, 6) is 2.49. The molecule has 0 radical (unpaired) electrons. The summed E-state index contributed by atoms with van der Waals surface area (Å²) in [6.07, 6.45) is 1.98. The van der Waals surface area contributed by atoms with Crippen LogP contribution in [0.25, 0.3) is 0 Å². The predicted octanol–water partition coefficient (Wildman–Crippen LogP) is 6.35. The summed E-state index contributed by atoms with van der Waals surface area (Å²) in [5.41, 5.74) is 3.56. The Balaban J connectivity index is 1.44. The van der Waals surface area contributed by atoms with Gasteiger partial charge in [0.1, 0.15) is 11.5 Å². The molecule has 0 bridgehead atoms. The second kappa shape index (κ2) is 11.2. The summed E-state index contributed by atoms with van der Waals surface area (Å²) in [5, 5.41) is 3.47. The zero-order chi connectivity index (χ0) is 20.3. The minimum Gasteiger partial charge on any atom is -0.494 e. The first kappa shape index (κ1) is 20.8. The van der Waals surface area contributed by atoms with E-state index in [-0.39, 0.29) is 0 Å². The molecule has 29 heavy (non-hydrogen) atoms. The van der Waals surface area contributed by atoms with E-state index in [0.717, 1.165) is 43.2 Å². The highest BCUT2D eigenvalue weighted by molar-refractivity contribution is 5.48. The number of benzene rings is 3. The third kappa shape index (κ3) is 7.53. The molecule has 3 heteroatoms. The molecule has 3 aromatic rings. The molecule has 0 amide bonds. The van der Waals surface area contributed by atoms with Gasteiger partial charge in [-0.05, 0) is 47.7 Å². The highest BCUT2D eigenvalue weighted by Gasteiger charge is 2.01. The Morgan fingerprint density at radius 2 is 1.48 bits per heavy atom. The molecule has 0 aliphatic heterocycles. The number of anilines is 1. The molecule has 0 heterocycles. The third-order valence-corrected chi connectivity index (χ3v) is 4.72. The molecular weight excluding hydrogens is 358 g/mol. The highest BCUT2D eigenvalue weighted by Crippen LogP contribution is 2.19. The van der Waals surface area contributed by atoms with Crippen LogP contribution in [0.3, 0.4) is 0 Å². The largest absolute Gasteiger partial charge is 0.494 e. The molecule has 0 saturated heterocycles. The van der Waals surface area contributed by atoms with Gasteiger partial charge in [0.2, 0.25) is 0 Å². The third-order valence-electron chi connectivity index (χ3n) is 4.72. The van der Waals surface area contributed by atoms with E-state index in [0.29, 0.717) is 12.5 Å².